The van der Waals surface area contributed by atoms with E-state index in [1.807, 2.05) is 12.3 Å². The van der Waals surface area contributed by atoms with E-state index < -0.39 is 11.7 Å². The van der Waals surface area contributed by atoms with Gasteiger partial charge in [0.05, 0.1) is 10.6 Å². The molecule has 0 amide bonds. The highest BCUT2D eigenvalue weighted by atomic mass is 32.1. The maximum absolute atomic E-state index is 12.9. The summed E-state index contributed by atoms with van der Waals surface area (Å²) in [5, 5.41) is 3.13. The van der Waals surface area contributed by atoms with Crippen molar-refractivity contribution in [2.75, 3.05) is 13.1 Å². The molecule has 1 unspecified atom stereocenters. The van der Waals surface area contributed by atoms with Crippen molar-refractivity contribution in [3.63, 3.8) is 0 Å². The quantitative estimate of drug-likeness (QED) is 0.884. The maximum atomic E-state index is 12.9. The molecule has 1 aliphatic heterocycles. The van der Waals surface area contributed by atoms with Crippen molar-refractivity contribution in [1.29, 1.82) is 0 Å². The summed E-state index contributed by atoms with van der Waals surface area (Å²) in [4.78, 5) is 6.61. The fourth-order valence-electron chi connectivity index (χ4n) is 3.21. The summed E-state index contributed by atoms with van der Waals surface area (Å²) in [6.45, 7) is 3.76. The summed E-state index contributed by atoms with van der Waals surface area (Å²) in [7, 11) is 0. The number of aromatic nitrogens is 1. The lowest BCUT2D eigenvalue weighted by molar-refractivity contribution is -0.137. The Labute approximate surface area is 143 Å². The lowest BCUT2D eigenvalue weighted by atomic mass is 10.0. The molecule has 2 N–H and O–H groups in total. The number of rotatable bonds is 5. The smallest absolute Gasteiger partial charge is 0.329 e. The molecule has 7 heteroatoms. The Balaban J connectivity index is 1.67. The van der Waals surface area contributed by atoms with Gasteiger partial charge in [0, 0.05) is 36.6 Å². The van der Waals surface area contributed by atoms with Crippen molar-refractivity contribution >= 4 is 11.3 Å². The predicted octanol–water partition coefficient (Wildman–Crippen LogP) is 3.92. The van der Waals surface area contributed by atoms with Gasteiger partial charge < -0.3 is 5.73 Å². The Morgan fingerprint density at radius 2 is 2.17 bits per heavy atom. The van der Waals surface area contributed by atoms with Gasteiger partial charge in [0.2, 0.25) is 0 Å². The summed E-state index contributed by atoms with van der Waals surface area (Å²) in [5.74, 6) is 0. The van der Waals surface area contributed by atoms with E-state index in [4.69, 9.17) is 5.73 Å². The van der Waals surface area contributed by atoms with Crippen LogP contribution in [0.25, 0.3) is 0 Å². The highest BCUT2D eigenvalue weighted by molar-refractivity contribution is 7.09. The van der Waals surface area contributed by atoms with Crippen molar-refractivity contribution in [2.24, 2.45) is 5.73 Å². The second-order valence-electron chi connectivity index (χ2n) is 6.12. The van der Waals surface area contributed by atoms with Gasteiger partial charge in [-0.2, -0.15) is 13.2 Å². The molecule has 1 atom stereocenters. The molecule has 130 valence electrons. The minimum absolute atomic E-state index is 0.139. The van der Waals surface area contributed by atoms with E-state index in [0.29, 0.717) is 13.1 Å². The molecule has 1 aromatic heterocycles. The Hall–Kier alpha value is -1.44. The van der Waals surface area contributed by atoms with Crippen LogP contribution in [0.1, 0.15) is 39.9 Å². The first-order valence-corrected chi connectivity index (χ1v) is 8.81. The Kier molecular flexibility index (Phi) is 4.94. The number of hydrogen-bond donors (Lipinski definition) is 1. The number of hydrogen-bond acceptors (Lipinski definition) is 4. The van der Waals surface area contributed by atoms with E-state index in [1.54, 1.807) is 17.4 Å². The summed E-state index contributed by atoms with van der Waals surface area (Å²) in [6, 6.07) is 3.87. The third-order valence-electron chi connectivity index (χ3n) is 4.37. The summed E-state index contributed by atoms with van der Waals surface area (Å²) >= 11 is 1.65. The van der Waals surface area contributed by atoms with Gasteiger partial charge in [-0.25, -0.2) is 4.98 Å². The van der Waals surface area contributed by atoms with Crippen LogP contribution in [0, 0.1) is 6.92 Å². The van der Waals surface area contributed by atoms with E-state index in [2.05, 4.69) is 9.88 Å². The van der Waals surface area contributed by atoms with Crippen LogP contribution in [-0.2, 0) is 19.1 Å². The van der Waals surface area contributed by atoms with E-state index in [1.165, 1.54) is 6.07 Å². The minimum Gasteiger partial charge on any atom is -0.329 e. The average molecular weight is 355 g/mol. The lowest BCUT2D eigenvalue weighted by Crippen LogP contribution is -2.29. The van der Waals surface area contributed by atoms with Crippen LogP contribution in [0.4, 0.5) is 13.2 Å². The van der Waals surface area contributed by atoms with Crippen LogP contribution in [0.15, 0.2) is 23.6 Å². The van der Waals surface area contributed by atoms with Crippen LogP contribution in [0.5, 0.6) is 0 Å². The number of nitrogens with two attached hydrogens (primary N) is 1. The monoisotopic (exact) mass is 355 g/mol. The van der Waals surface area contributed by atoms with E-state index in [9.17, 15) is 13.2 Å². The molecule has 1 aromatic carbocycles. The first-order valence-electron chi connectivity index (χ1n) is 7.93. The third-order valence-corrected chi connectivity index (χ3v) is 5.40. The molecule has 0 aliphatic carbocycles. The Morgan fingerprint density at radius 1 is 1.38 bits per heavy atom. The zero-order valence-electron chi connectivity index (χ0n) is 13.4. The van der Waals surface area contributed by atoms with Crippen molar-refractivity contribution in [2.45, 2.75) is 38.5 Å². The predicted molar refractivity (Wildman–Crippen MR) is 88.8 cm³/mol. The molecule has 0 spiro atoms. The lowest BCUT2D eigenvalue weighted by Gasteiger charge is -2.23. The molecule has 2 heterocycles. The summed E-state index contributed by atoms with van der Waals surface area (Å²) in [6.07, 6.45) is -2.51. The van der Waals surface area contributed by atoms with Crippen molar-refractivity contribution in [3.8, 4) is 0 Å². The molecule has 3 nitrogen and oxygen atoms in total. The highest BCUT2D eigenvalue weighted by Gasteiger charge is 2.35. The number of thiazole rings is 1. The highest BCUT2D eigenvalue weighted by Crippen LogP contribution is 2.38. The third kappa shape index (κ3) is 3.63. The molecule has 0 saturated heterocycles. The fraction of sp³-hybridized carbons (Fsp3) is 0.471. The van der Waals surface area contributed by atoms with Gasteiger partial charge in [0.25, 0.3) is 0 Å². The van der Waals surface area contributed by atoms with Gasteiger partial charge in [-0.15, -0.1) is 11.3 Å². The topological polar surface area (TPSA) is 42.1 Å². The molecule has 0 fully saturated rings. The number of aryl methyl sites for hydroxylation is 2. The number of alkyl halides is 3. The average Bonchev–Trinajstić information content (AvgIpc) is 3.08. The van der Waals surface area contributed by atoms with Gasteiger partial charge in [0.1, 0.15) is 0 Å². The standard InChI is InChI=1S/C17H20F3N3S/c1-11-10-24-16(22-11)3-2-6-23-9-12-4-5-13(17(18,19)20)7-14(12)15(23)8-21/h4-5,7,10,15H,2-3,6,8-9,21H2,1H3. The molecular formula is C17H20F3N3S. The molecule has 0 radical (unpaired) electrons. The van der Waals surface area contributed by atoms with E-state index in [-0.39, 0.29) is 6.04 Å². The van der Waals surface area contributed by atoms with Crippen molar-refractivity contribution in [1.82, 2.24) is 9.88 Å². The Bertz CT molecular complexity index is 711. The van der Waals surface area contributed by atoms with Crippen LogP contribution >= 0.6 is 11.3 Å². The second kappa shape index (κ2) is 6.82. The normalized spacial score (nSPS) is 18.1. The van der Waals surface area contributed by atoms with Gasteiger partial charge in [-0.05, 0) is 43.1 Å². The van der Waals surface area contributed by atoms with Gasteiger partial charge >= 0.3 is 6.18 Å². The molecule has 1 aliphatic rings. The molecule has 0 bridgehead atoms. The SMILES string of the molecule is Cc1csc(CCCN2Cc3ccc(C(F)(F)F)cc3C2CN)n1. The molecule has 0 saturated carbocycles. The van der Waals surface area contributed by atoms with E-state index in [0.717, 1.165) is 47.3 Å². The van der Waals surface area contributed by atoms with Crippen LogP contribution in [-0.4, -0.2) is 23.0 Å². The Morgan fingerprint density at radius 3 is 2.79 bits per heavy atom. The second-order valence-corrected chi connectivity index (χ2v) is 7.06. The molecule has 2 aromatic rings. The number of fused-ring (bicyclic) bond motifs is 1. The van der Waals surface area contributed by atoms with Gasteiger partial charge in [-0.3, -0.25) is 4.90 Å². The van der Waals surface area contributed by atoms with Gasteiger partial charge in [0.15, 0.2) is 0 Å². The first kappa shape index (κ1) is 17.4. The molecule has 3 rings (SSSR count). The van der Waals surface area contributed by atoms with Crippen molar-refractivity contribution in [3.05, 3.63) is 51.0 Å². The zero-order chi connectivity index (χ0) is 17.3. The summed E-state index contributed by atoms with van der Waals surface area (Å²) in [5.41, 5.74) is 7.95. The number of benzene rings is 1. The van der Waals surface area contributed by atoms with Crippen LogP contribution in [0.3, 0.4) is 0 Å². The van der Waals surface area contributed by atoms with Gasteiger partial charge in [-0.1, -0.05) is 6.07 Å². The minimum atomic E-state index is -4.32. The number of nitrogens with zero attached hydrogens (tertiary/aromatic N) is 2. The first-order chi connectivity index (χ1) is 11.4. The molecule has 24 heavy (non-hydrogen) atoms. The van der Waals surface area contributed by atoms with E-state index >= 15 is 0 Å². The number of halogens is 3. The maximum Gasteiger partial charge on any atom is 0.416 e. The largest absolute Gasteiger partial charge is 0.416 e. The van der Waals surface area contributed by atoms with Crippen molar-refractivity contribution < 1.29 is 13.2 Å². The zero-order valence-corrected chi connectivity index (χ0v) is 14.3. The van der Waals surface area contributed by atoms with Crippen LogP contribution < -0.4 is 5.73 Å². The van der Waals surface area contributed by atoms with Crippen LogP contribution in [0.2, 0.25) is 0 Å². The fourth-order valence-corrected chi connectivity index (χ4v) is 4.03. The molecular weight excluding hydrogens is 335 g/mol. The summed E-state index contributed by atoms with van der Waals surface area (Å²) < 4.78 is 38.8.